The first-order valence-electron chi connectivity index (χ1n) is 6.04. The Kier molecular flexibility index (Phi) is 4.85. The van der Waals surface area contributed by atoms with Crippen LogP contribution in [-0.2, 0) is 29.3 Å². The third kappa shape index (κ3) is 3.52. The minimum absolute atomic E-state index is 0.00469. The van der Waals surface area contributed by atoms with Gasteiger partial charge in [0.15, 0.2) is 0 Å². The molecule has 0 saturated carbocycles. The number of ether oxygens (including phenoxy) is 2. The Hall–Kier alpha value is -0.780. The van der Waals surface area contributed by atoms with Crippen LogP contribution in [0.2, 0.25) is 0 Å². The molecule has 1 aliphatic heterocycles. The molecular weight excluding hydrogens is 338 g/mol. The maximum atomic E-state index is 12.2. The van der Waals surface area contributed by atoms with Crippen molar-refractivity contribution in [2.24, 2.45) is 5.14 Å². The first-order valence-corrected chi connectivity index (χ1v) is 9.89. The molecule has 0 radical (unpaired) electrons. The summed E-state index contributed by atoms with van der Waals surface area (Å²) in [5.41, 5.74) is 0.340. The number of sulfonamides is 1. The van der Waals surface area contributed by atoms with Crippen LogP contribution in [0.1, 0.15) is 12.5 Å². The first-order chi connectivity index (χ1) is 9.76. The molecule has 0 spiro atoms. The lowest BCUT2D eigenvalue weighted by atomic mass is 10.3. The van der Waals surface area contributed by atoms with Crippen molar-refractivity contribution in [1.29, 1.82) is 0 Å². The number of hydrogen-bond acceptors (Lipinski definition) is 7. The van der Waals surface area contributed by atoms with Crippen LogP contribution in [0.3, 0.4) is 0 Å². The molecule has 0 bridgehead atoms. The van der Waals surface area contributed by atoms with Crippen molar-refractivity contribution in [1.82, 2.24) is 0 Å². The minimum atomic E-state index is -3.90. The van der Waals surface area contributed by atoms with Crippen LogP contribution in [0, 0.1) is 0 Å². The predicted octanol–water partition coefficient (Wildman–Crippen LogP) is 0.577. The smallest absolute Gasteiger partial charge is 0.247 e. The highest BCUT2D eigenvalue weighted by molar-refractivity contribution is 7.98. The van der Waals surface area contributed by atoms with Gasteiger partial charge in [0.2, 0.25) is 19.9 Å². The lowest BCUT2D eigenvalue weighted by Gasteiger charge is -2.05. The molecule has 118 valence electrons. The van der Waals surface area contributed by atoms with Gasteiger partial charge >= 0.3 is 0 Å². The maximum Gasteiger partial charge on any atom is 0.247 e. The molecule has 0 amide bonds. The van der Waals surface area contributed by atoms with Crippen LogP contribution in [0.25, 0.3) is 6.08 Å². The fraction of sp³-hybridized carbons (Fsp3) is 0.455. The second-order valence-electron chi connectivity index (χ2n) is 4.22. The monoisotopic (exact) mass is 353 g/mol. The zero-order valence-corrected chi connectivity index (χ0v) is 13.7. The van der Waals surface area contributed by atoms with Crippen molar-refractivity contribution < 1.29 is 26.3 Å². The Morgan fingerprint density at radius 2 is 1.95 bits per heavy atom. The average molecular weight is 353 g/mol. The van der Waals surface area contributed by atoms with E-state index < -0.39 is 19.9 Å². The Balaban J connectivity index is 2.13. The lowest BCUT2D eigenvalue weighted by molar-refractivity contribution is 0.0636. The fourth-order valence-electron chi connectivity index (χ4n) is 1.74. The quantitative estimate of drug-likeness (QED) is 0.717. The molecule has 0 aromatic carbocycles. The van der Waals surface area contributed by atoms with Crippen molar-refractivity contribution in [3.05, 3.63) is 16.5 Å². The second kappa shape index (κ2) is 6.15. The molecule has 0 saturated heterocycles. The Morgan fingerprint density at radius 3 is 2.52 bits per heavy atom. The molecule has 1 aliphatic rings. The molecule has 0 unspecified atom stereocenters. The lowest BCUT2D eigenvalue weighted by Crippen LogP contribution is -2.11. The van der Waals surface area contributed by atoms with Crippen LogP contribution in [-0.4, -0.2) is 43.3 Å². The summed E-state index contributed by atoms with van der Waals surface area (Å²) >= 11 is 0.654. The van der Waals surface area contributed by atoms with Gasteiger partial charge in [-0.3, -0.25) is 0 Å². The topological polar surface area (TPSA) is 113 Å². The molecule has 2 rings (SSSR count). The van der Waals surface area contributed by atoms with E-state index in [9.17, 15) is 16.8 Å². The summed E-state index contributed by atoms with van der Waals surface area (Å²) in [4.78, 5) is 0.112. The number of thiophene rings is 1. The van der Waals surface area contributed by atoms with Gasteiger partial charge in [-0.1, -0.05) is 0 Å². The third-order valence-corrected chi connectivity index (χ3v) is 7.63. The van der Waals surface area contributed by atoms with E-state index in [-0.39, 0.29) is 26.5 Å². The van der Waals surface area contributed by atoms with Crippen LogP contribution in [0.5, 0.6) is 0 Å². The predicted molar refractivity (Wildman–Crippen MR) is 78.2 cm³/mol. The second-order valence-corrected chi connectivity index (χ2v) is 9.26. The summed E-state index contributed by atoms with van der Waals surface area (Å²) in [5, 5.41) is 5.00. The van der Waals surface area contributed by atoms with E-state index in [0.717, 1.165) is 0 Å². The summed E-state index contributed by atoms with van der Waals surface area (Å²) in [6, 6.07) is 1.26. The summed E-state index contributed by atoms with van der Waals surface area (Å²) in [7, 11) is -7.58. The SMILES string of the molecule is CCOCCOCC1=Cc2cc(S(N)(=O)=O)sc2S1(=O)=O. The van der Waals surface area contributed by atoms with E-state index in [1.165, 1.54) is 12.1 Å². The first kappa shape index (κ1) is 16.6. The standard InChI is InChI=1S/C11H15NO6S3/c1-2-17-3-4-18-7-9-5-8-6-10(21(12,15)16)19-11(8)20(9,13)14/h5-6H,2-4,7H2,1H3,(H2,12,15,16). The molecule has 0 atom stereocenters. The molecule has 1 aromatic rings. The van der Waals surface area contributed by atoms with Gasteiger partial charge in [0, 0.05) is 12.2 Å². The van der Waals surface area contributed by atoms with Gasteiger partial charge in [0.1, 0.15) is 8.42 Å². The molecule has 2 N–H and O–H groups in total. The van der Waals surface area contributed by atoms with Gasteiger partial charge in [-0.05, 0) is 19.1 Å². The average Bonchev–Trinajstić information content (AvgIpc) is 2.89. The molecule has 21 heavy (non-hydrogen) atoms. The van der Waals surface area contributed by atoms with Gasteiger partial charge in [0.25, 0.3) is 0 Å². The van der Waals surface area contributed by atoms with Gasteiger partial charge in [-0.25, -0.2) is 22.0 Å². The summed E-state index contributed by atoms with van der Waals surface area (Å²) in [6.45, 7) is 3.03. The summed E-state index contributed by atoms with van der Waals surface area (Å²) in [6.07, 6.45) is 1.41. The third-order valence-electron chi connectivity index (χ3n) is 2.71. The molecule has 7 nitrogen and oxygen atoms in total. The zero-order chi connectivity index (χ0) is 15.7. The summed E-state index contributed by atoms with van der Waals surface area (Å²) < 4.78 is 57.1. The maximum absolute atomic E-state index is 12.2. The van der Waals surface area contributed by atoms with Crippen molar-refractivity contribution in [3.63, 3.8) is 0 Å². The summed E-state index contributed by atoms with van der Waals surface area (Å²) in [5.74, 6) is 0. The van der Waals surface area contributed by atoms with Gasteiger partial charge < -0.3 is 9.47 Å². The van der Waals surface area contributed by atoms with E-state index in [0.29, 0.717) is 30.1 Å². The molecule has 0 aliphatic carbocycles. The Labute approximate surface area is 127 Å². The van der Waals surface area contributed by atoms with E-state index in [1.54, 1.807) is 0 Å². The van der Waals surface area contributed by atoms with Crippen LogP contribution >= 0.6 is 11.3 Å². The molecule has 10 heteroatoms. The van der Waals surface area contributed by atoms with Crippen molar-refractivity contribution in [2.75, 3.05) is 26.4 Å². The van der Waals surface area contributed by atoms with Gasteiger partial charge in [0.05, 0.1) is 24.7 Å². The van der Waals surface area contributed by atoms with Crippen molar-refractivity contribution in [3.8, 4) is 0 Å². The molecular formula is C11H15NO6S3. The highest BCUT2D eigenvalue weighted by Crippen LogP contribution is 2.40. The van der Waals surface area contributed by atoms with E-state index in [2.05, 4.69) is 0 Å². The molecule has 2 heterocycles. The Bertz CT molecular complexity index is 760. The van der Waals surface area contributed by atoms with Gasteiger partial charge in [-0.2, -0.15) is 0 Å². The number of primary sulfonamides is 1. The Morgan fingerprint density at radius 1 is 1.29 bits per heavy atom. The van der Waals surface area contributed by atoms with Crippen molar-refractivity contribution in [2.45, 2.75) is 15.3 Å². The largest absolute Gasteiger partial charge is 0.379 e. The number of hydrogen-bond donors (Lipinski definition) is 1. The van der Waals surface area contributed by atoms with E-state index in [1.807, 2.05) is 6.92 Å². The van der Waals surface area contributed by atoms with E-state index >= 15 is 0 Å². The highest BCUT2D eigenvalue weighted by Gasteiger charge is 2.33. The fourth-order valence-corrected chi connectivity index (χ4v) is 5.73. The normalized spacial score (nSPS) is 16.8. The van der Waals surface area contributed by atoms with Crippen LogP contribution in [0.15, 0.2) is 19.4 Å². The number of nitrogens with two attached hydrogens (primary N) is 1. The number of fused-ring (bicyclic) bond motifs is 1. The van der Waals surface area contributed by atoms with Crippen LogP contribution in [0.4, 0.5) is 0 Å². The number of rotatable bonds is 7. The number of sulfone groups is 1. The highest BCUT2D eigenvalue weighted by atomic mass is 32.3. The minimum Gasteiger partial charge on any atom is -0.379 e. The van der Waals surface area contributed by atoms with Crippen molar-refractivity contribution >= 4 is 37.3 Å². The van der Waals surface area contributed by atoms with E-state index in [4.69, 9.17) is 14.6 Å². The van der Waals surface area contributed by atoms with Gasteiger partial charge in [-0.15, -0.1) is 11.3 Å². The molecule has 1 aromatic heterocycles. The zero-order valence-electron chi connectivity index (χ0n) is 11.2. The molecule has 0 fully saturated rings. The van der Waals surface area contributed by atoms with Crippen LogP contribution < -0.4 is 5.14 Å².